The number of carbonyl (C=O) groups excluding carboxylic acids is 1. The summed E-state index contributed by atoms with van der Waals surface area (Å²) in [6.07, 6.45) is 1.72. The van der Waals surface area contributed by atoms with Crippen LogP contribution in [0.25, 0.3) is 0 Å². The van der Waals surface area contributed by atoms with Crippen LogP contribution >= 0.6 is 15.9 Å². The van der Waals surface area contributed by atoms with Crippen molar-refractivity contribution in [3.8, 4) is 0 Å². The quantitative estimate of drug-likeness (QED) is 0.870. The minimum absolute atomic E-state index is 0.133. The van der Waals surface area contributed by atoms with Gasteiger partial charge in [-0.1, -0.05) is 22.0 Å². The molecular weight excluding hydrogens is 268 g/mol. The first-order valence-corrected chi connectivity index (χ1v) is 5.67. The molecule has 0 aliphatic heterocycles. The molecule has 0 bridgehead atoms. The zero-order valence-corrected chi connectivity index (χ0v) is 10.3. The third kappa shape index (κ3) is 2.33. The summed E-state index contributed by atoms with van der Waals surface area (Å²) in [4.78, 5) is 14.6. The SMILES string of the molecule is Cc1ccc(Br)cc1NC(=O)c1ccc[nH]1. The van der Waals surface area contributed by atoms with E-state index in [-0.39, 0.29) is 5.91 Å². The van der Waals surface area contributed by atoms with E-state index in [0.29, 0.717) is 5.69 Å². The van der Waals surface area contributed by atoms with Crippen LogP contribution in [-0.4, -0.2) is 10.9 Å². The van der Waals surface area contributed by atoms with Crippen molar-refractivity contribution in [1.82, 2.24) is 4.98 Å². The van der Waals surface area contributed by atoms with E-state index in [1.54, 1.807) is 18.3 Å². The highest BCUT2D eigenvalue weighted by Crippen LogP contribution is 2.21. The van der Waals surface area contributed by atoms with Gasteiger partial charge in [-0.3, -0.25) is 4.79 Å². The standard InChI is InChI=1S/C12H11BrN2O/c1-8-4-5-9(13)7-11(8)15-12(16)10-3-2-6-14-10/h2-7,14H,1H3,(H,15,16). The van der Waals surface area contributed by atoms with Gasteiger partial charge in [-0.15, -0.1) is 0 Å². The Balaban J connectivity index is 2.21. The van der Waals surface area contributed by atoms with Gasteiger partial charge >= 0.3 is 0 Å². The molecule has 1 aromatic heterocycles. The van der Waals surface area contributed by atoms with Crippen LogP contribution in [0.4, 0.5) is 5.69 Å². The van der Waals surface area contributed by atoms with Crippen molar-refractivity contribution < 1.29 is 4.79 Å². The average molecular weight is 279 g/mol. The van der Waals surface area contributed by atoms with Crippen LogP contribution in [0.15, 0.2) is 41.0 Å². The van der Waals surface area contributed by atoms with Crippen LogP contribution in [0, 0.1) is 6.92 Å². The van der Waals surface area contributed by atoms with Crippen molar-refractivity contribution in [2.45, 2.75) is 6.92 Å². The van der Waals surface area contributed by atoms with Crippen LogP contribution in [0.3, 0.4) is 0 Å². The molecule has 0 spiro atoms. The molecule has 2 aromatic rings. The van der Waals surface area contributed by atoms with Crippen LogP contribution in [0.5, 0.6) is 0 Å². The van der Waals surface area contributed by atoms with E-state index in [9.17, 15) is 4.79 Å². The molecule has 0 radical (unpaired) electrons. The molecule has 1 heterocycles. The Morgan fingerprint density at radius 1 is 1.38 bits per heavy atom. The average Bonchev–Trinajstić information content (AvgIpc) is 2.76. The second-order valence-corrected chi connectivity index (χ2v) is 4.41. The van der Waals surface area contributed by atoms with Crippen LogP contribution in [-0.2, 0) is 0 Å². The third-order valence-corrected chi connectivity index (χ3v) is 2.78. The molecule has 0 atom stereocenters. The summed E-state index contributed by atoms with van der Waals surface area (Å²) in [5, 5.41) is 2.85. The molecular formula is C12H11BrN2O. The number of amides is 1. The normalized spacial score (nSPS) is 10.1. The van der Waals surface area contributed by atoms with Gasteiger partial charge in [0.15, 0.2) is 0 Å². The number of anilines is 1. The highest BCUT2D eigenvalue weighted by Gasteiger charge is 2.07. The van der Waals surface area contributed by atoms with Crippen molar-refractivity contribution in [3.63, 3.8) is 0 Å². The lowest BCUT2D eigenvalue weighted by Gasteiger charge is -2.07. The monoisotopic (exact) mass is 278 g/mol. The van der Waals surface area contributed by atoms with Crippen molar-refractivity contribution in [2.24, 2.45) is 0 Å². The molecule has 1 aromatic carbocycles. The number of aromatic nitrogens is 1. The van der Waals surface area contributed by atoms with Gasteiger partial charge < -0.3 is 10.3 Å². The molecule has 0 saturated carbocycles. The minimum Gasteiger partial charge on any atom is -0.357 e. The summed E-state index contributed by atoms with van der Waals surface area (Å²) >= 11 is 3.38. The Labute approximate surface area is 102 Å². The highest BCUT2D eigenvalue weighted by atomic mass is 79.9. The minimum atomic E-state index is -0.133. The van der Waals surface area contributed by atoms with Gasteiger partial charge in [0.05, 0.1) is 0 Å². The van der Waals surface area contributed by atoms with Gasteiger partial charge in [0.2, 0.25) is 0 Å². The van der Waals surface area contributed by atoms with Crippen molar-refractivity contribution >= 4 is 27.5 Å². The summed E-state index contributed by atoms with van der Waals surface area (Å²) in [6.45, 7) is 1.96. The van der Waals surface area contributed by atoms with E-state index in [0.717, 1.165) is 15.7 Å². The molecule has 4 heteroatoms. The number of rotatable bonds is 2. The number of H-pyrrole nitrogens is 1. The first kappa shape index (κ1) is 11.0. The molecule has 2 rings (SSSR count). The zero-order valence-electron chi connectivity index (χ0n) is 8.75. The molecule has 0 fully saturated rings. The van der Waals surface area contributed by atoms with Gasteiger partial charge in [0.25, 0.3) is 5.91 Å². The topological polar surface area (TPSA) is 44.9 Å². The second-order valence-electron chi connectivity index (χ2n) is 3.50. The molecule has 82 valence electrons. The Hall–Kier alpha value is -1.55. The summed E-state index contributed by atoms with van der Waals surface area (Å²) in [5.41, 5.74) is 2.40. The number of hydrogen-bond acceptors (Lipinski definition) is 1. The lowest BCUT2D eigenvalue weighted by atomic mass is 10.2. The predicted octanol–water partition coefficient (Wildman–Crippen LogP) is 3.34. The number of aryl methyl sites for hydroxylation is 1. The molecule has 3 nitrogen and oxygen atoms in total. The highest BCUT2D eigenvalue weighted by molar-refractivity contribution is 9.10. The Kier molecular flexibility index (Phi) is 3.10. The van der Waals surface area contributed by atoms with E-state index in [4.69, 9.17) is 0 Å². The molecule has 0 unspecified atom stereocenters. The Morgan fingerprint density at radius 3 is 2.88 bits per heavy atom. The van der Waals surface area contributed by atoms with Gasteiger partial charge in [0, 0.05) is 16.4 Å². The fraction of sp³-hybridized carbons (Fsp3) is 0.0833. The lowest BCUT2D eigenvalue weighted by Crippen LogP contribution is -2.12. The van der Waals surface area contributed by atoms with E-state index in [2.05, 4.69) is 26.2 Å². The zero-order chi connectivity index (χ0) is 11.5. The third-order valence-electron chi connectivity index (χ3n) is 2.29. The van der Waals surface area contributed by atoms with Crippen molar-refractivity contribution in [3.05, 3.63) is 52.3 Å². The number of benzene rings is 1. The number of aromatic amines is 1. The Bertz CT molecular complexity index is 506. The predicted molar refractivity (Wildman–Crippen MR) is 67.6 cm³/mol. The van der Waals surface area contributed by atoms with Gasteiger partial charge in [0.1, 0.15) is 5.69 Å². The number of nitrogens with one attached hydrogen (secondary N) is 2. The summed E-state index contributed by atoms with van der Waals surface area (Å²) in [5.74, 6) is -0.133. The van der Waals surface area contributed by atoms with E-state index in [1.807, 2.05) is 25.1 Å². The molecule has 0 aliphatic rings. The molecule has 1 amide bonds. The summed E-state index contributed by atoms with van der Waals surface area (Å²) in [6, 6.07) is 9.32. The second kappa shape index (κ2) is 4.53. The van der Waals surface area contributed by atoms with Crippen LogP contribution in [0.1, 0.15) is 16.1 Å². The summed E-state index contributed by atoms with van der Waals surface area (Å²) in [7, 11) is 0. The molecule has 0 aliphatic carbocycles. The smallest absolute Gasteiger partial charge is 0.272 e. The maximum atomic E-state index is 11.8. The first-order valence-electron chi connectivity index (χ1n) is 4.88. The van der Waals surface area contributed by atoms with Gasteiger partial charge in [-0.2, -0.15) is 0 Å². The number of carbonyl (C=O) groups is 1. The van der Waals surface area contributed by atoms with Crippen LogP contribution in [0.2, 0.25) is 0 Å². The molecule has 0 saturated heterocycles. The van der Waals surface area contributed by atoms with E-state index < -0.39 is 0 Å². The number of halogens is 1. The van der Waals surface area contributed by atoms with Gasteiger partial charge in [-0.05, 0) is 36.8 Å². The fourth-order valence-electron chi connectivity index (χ4n) is 1.39. The van der Waals surface area contributed by atoms with Crippen LogP contribution < -0.4 is 5.32 Å². The molecule has 16 heavy (non-hydrogen) atoms. The van der Waals surface area contributed by atoms with Gasteiger partial charge in [-0.25, -0.2) is 0 Å². The fourth-order valence-corrected chi connectivity index (χ4v) is 1.75. The number of hydrogen-bond donors (Lipinski definition) is 2. The molecule has 2 N–H and O–H groups in total. The Morgan fingerprint density at radius 2 is 2.19 bits per heavy atom. The van der Waals surface area contributed by atoms with E-state index >= 15 is 0 Å². The largest absolute Gasteiger partial charge is 0.357 e. The lowest BCUT2D eigenvalue weighted by molar-refractivity contribution is 0.102. The first-order chi connectivity index (χ1) is 7.66. The van der Waals surface area contributed by atoms with E-state index in [1.165, 1.54) is 0 Å². The summed E-state index contributed by atoms with van der Waals surface area (Å²) < 4.78 is 0.944. The van der Waals surface area contributed by atoms with Crippen molar-refractivity contribution in [2.75, 3.05) is 5.32 Å². The van der Waals surface area contributed by atoms with Crippen molar-refractivity contribution in [1.29, 1.82) is 0 Å². The maximum Gasteiger partial charge on any atom is 0.272 e. The maximum absolute atomic E-state index is 11.8.